The number of carbonyl (C=O) groups excluding carboxylic acids is 1. The zero-order valence-electron chi connectivity index (χ0n) is 12.7. The zero-order valence-corrected chi connectivity index (χ0v) is 12.7. The van der Waals surface area contributed by atoms with Crippen LogP contribution in [0.5, 0.6) is 0 Å². The van der Waals surface area contributed by atoms with E-state index in [1.807, 2.05) is 37.1 Å². The Morgan fingerprint density at radius 3 is 3.00 bits per heavy atom. The van der Waals surface area contributed by atoms with Crippen molar-refractivity contribution in [2.45, 2.75) is 32.3 Å². The first kappa shape index (κ1) is 14.1. The molecule has 1 fully saturated rings. The van der Waals surface area contributed by atoms with E-state index >= 15 is 0 Å². The summed E-state index contributed by atoms with van der Waals surface area (Å²) in [5, 5.41) is 1.22. The second-order valence-electron chi connectivity index (χ2n) is 6.28. The maximum absolute atomic E-state index is 12.4. The Kier molecular flexibility index (Phi) is 3.72. The van der Waals surface area contributed by atoms with E-state index in [0.717, 1.165) is 11.9 Å². The number of ether oxygens (including phenoxy) is 1. The Labute approximate surface area is 125 Å². The molecule has 0 saturated carbocycles. The van der Waals surface area contributed by atoms with Crippen molar-refractivity contribution in [2.75, 3.05) is 19.7 Å². The Morgan fingerprint density at radius 1 is 1.38 bits per heavy atom. The SMILES string of the molecule is CC1(C)CN(C(=O)CCc2c[nH]c3ccccc23)CCO1. The molecule has 4 heteroatoms. The Balaban J connectivity index is 1.63. The second kappa shape index (κ2) is 5.53. The van der Waals surface area contributed by atoms with Crippen molar-refractivity contribution in [3.05, 3.63) is 36.0 Å². The van der Waals surface area contributed by atoms with E-state index in [4.69, 9.17) is 4.74 Å². The minimum Gasteiger partial charge on any atom is -0.372 e. The lowest BCUT2D eigenvalue weighted by atomic mass is 10.1. The van der Waals surface area contributed by atoms with Crippen LogP contribution in [0.2, 0.25) is 0 Å². The lowest BCUT2D eigenvalue weighted by Crippen LogP contribution is -2.50. The van der Waals surface area contributed by atoms with Crippen molar-refractivity contribution in [1.82, 2.24) is 9.88 Å². The van der Waals surface area contributed by atoms with E-state index < -0.39 is 0 Å². The molecule has 1 aromatic heterocycles. The third-order valence-corrected chi connectivity index (χ3v) is 4.06. The number of hydrogen-bond donors (Lipinski definition) is 1. The number of amides is 1. The summed E-state index contributed by atoms with van der Waals surface area (Å²) in [6.07, 6.45) is 3.35. The summed E-state index contributed by atoms with van der Waals surface area (Å²) in [7, 11) is 0. The number of nitrogens with zero attached hydrogens (tertiary/aromatic N) is 1. The molecule has 0 radical (unpaired) electrons. The number of aromatic amines is 1. The molecule has 1 saturated heterocycles. The summed E-state index contributed by atoms with van der Waals surface area (Å²) in [5.41, 5.74) is 2.12. The first-order chi connectivity index (χ1) is 10.1. The van der Waals surface area contributed by atoms with Gasteiger partial charge in [-0.15, -0.1) is 0 Å². The number of H-pyrrole nitrogens is 1. The predicted molar refractivity (Wildman–Crippen MR) is 83.2 cm³/mol. The summed E-state index contributed by atoms with van der Waals surface area (Å²) in [4.78, 5) is 17.6. The summed E-state index contributed by atoms with van der Waals surface area (Å²) in [6.45, 7) is 6.08. The third-order valence-electron chi connectivity index (χ3n) is 4.06. The molecule has 0 unspecified atom stereocenters. The molecule has 1 N–H and O–H groups in total. The number of hydrogen-bond acceptors (Lipinski definition) is 2. The molecule has 1 aromatic carbocycles. The summed E-state index contributed by atoms with van der Waals surface area (Å²) in [6, 6.07) is 8.21. The molecule has 112 valence electrons. The highest BCUT2D eigenvalue weighted by Gasteiger charge is 2.29. The van der Waals surface area contributed by atoms with Crippen LogP contribution >= 0.6 is 0 Å². The number of morpholine rings is 1. The highest BCUT2D eigenvalue weighted by Crippen LogP contribution is 2.21. The lowest BCUT2D eigenvalue weighted by Gasteiger charge is -2.38. The standard InChI is InChI=1S/C17H22N2O2/c1-17(2)12-19(9-10-21-17)16(20)8-7-13-11-18-15-6-4-3-5-14(13)15/h3-6,11,18H,7-10,12H2,1-2H3. The quantitative estimate of drug-likeness (QED) is 0.943. The monoisotopic (exact) mass is 286 g/mol. The molecule has 2 aromatic rings. The van der Waals surface area contributed by atoms with Gasteiger partial charge in [-0.25, -0.2) is 0 Å². The number of benzene rings is 1. The highest BCUT2D eigenvalue weighted by atomic mass is 16.5. The number of aromatic nitrogens is 1. The molecule has 2 heterocycles. The second-order valence-corrected chi connectivity index (χ2v) is 6.28. The van der Waals surface area contributed by atoms with Crippen LogP contribution in [0.3, 0.4) is 0 Å². The first-order valence-electron chi connectivity index (χ1n) is 7.52. The normalized spacial score (nSPS) is 18.1. The van der Waals surface area contributed by atoms with Gasteiger partial charge in [-0.05, 0) is 31.9 Å². The molecule has 1 aliphatic rings. The predicted octanol–water partition coefficient (Wildman–Crippen LogP) is 2.74. The van der Waals surface area contributed by atoms with E-state index in [1.165, 1.54) is 10.9 Å². The Bertz CT molecular complexity index is 645. The van der Waals surface area contributed by atoms with Crippen LogP contribution in [0, 0.1) is 0 Å². The van der Waals surface area contributed by atoms with Crippen molar-refractivity contribution in [1.29, 1.82) is 0 Å². The molecule has 1 amide bonds. The van der Waals surface area contributed by atoms with E-state index in [9.17, 15) is 4.79 Å². The van der Waals surface area contributed by atoms with Crippen molar-refractivity contribution in [2.24, 2.45) is 0 Å². The summed E-state index contributed by atoms with van der Waals surface area (Å²) < 4.78 is 5.65. The van der Waals surface area contributed by atoms with Gasteiger partial charge in [0.1, 0.15) is 0 Å². The van der Waals surface area contributed by atoms with Crippen LogP contribution in [0.1, 0.15) is 25.8 Å². The minimum absolute atomic E-state index is 0.219. The van der Waals surface area contributed by atoms with E-state index in [2.05, 4.69) is 17.1 Å². The molecule has 0 atom stereocenters. The van der Waals surface area contributed by atoms with Gasteiger partial charge in [-0.2, -0.15) is 0 Å². The van der Waals surface area contributed by atoms with Gasteiger partial charge in [-0.3, -0.25) is 4.79 Å². The molecule has 1 aliphatic heterocycles. The maximum Gasteiger partial charge on any atom is 0.223 e. The van der Waals surface area contributed by atoms with Gasteiger partial charge in [0.25, 0.3) is 0 Å². The van der Waals surface area contributed by atoms with Gasteiger partial charge in [0.2, 0.25) is 5.91 Å². The molecule has 0 spiro atoms. The van der Waals surface area contributed by atoms with Crippen molar-refractivity contribution in [3.63, 3.8) is 0 Å². The summed E-state index contributed by atoms with van der Waals surface area (Å²) >= 11 is 0. The smallest absolute Gasteiger partial charge is 0.223 e. The van der Waals surface area contributed by atoms with Crippen LogP contribution in [-0.2, 0) is 16.0 Å². The van der Waals surface area contributed by atoms with Crippen LogP contribution in [0.15, 0.2) is 30.5 Å². The lowest BCUT2D eigenvalue weighted by molar-refractivity contribution is -0.145. The van der Waals surface area contributed by atoms with Crippen molar-refractivity contribution < 1.29 is 9.53 Å². The van der Waals surface area contributed by atoms with E-state index in [-0.39, 0.29) is 11.5 Å². The molecule has 0 aliphatic carbocycles. The molecule has 21 heavy (non-hydrogen) atoms. The molecule has 3 rings (SSSR count). The van der Waals surface area contributed by atoms with Gasteiger partial charge < -0.3 is 14.6 Å². The highest BCUT2D eigenvalue weighted by molar-refractivity contribution is 5.84. The van der Waals surface area contributed by atoms with Crippen molar-refractivity contribution in [3.8, 4) is 0 Å². The Morgan fingerprint density at radius 2 is 2.19 bits per heavy atom. The van der Waals surface area contributed by atoms with Gasteiger partial charge in [-0.1, -0.05) is 18.2 Å². The zero-order chi connectivity index (χ0) is 14.9. The number of para-hydroxylation sites is 1. The molecular weight excluding hydrogens is 264 g/mol. The largest absolute Gasteiger partial charge is 0.372 e. The fourth-order valence-electron chi connectivity index (χ4n) is 2.97. The molecular formula is C17H22N2O2. The van der Waals surface area contributed by atoms with Crippen LogP contribution in [-0.4, -0.2) is 41.1 Å². The maximum atomic E-state index is 12.4. The average Bonchev–Trinajstić information content (AvgIpc) is 2.87. The Hall–Kier alpha value is -1.81. The molecule has 0 bridgehead atoms. The van der Waals surface area contributed by atoms with Gasteiger partial charge in [0, 0.05) is 36.6 Å². The van der Waals surface area contributed by atoms with Crippen LogP contribution in [0.4, 0.5) is 0 Å². The van der Waals surface area contributed by atoms with Crippen molar-refractivity contribution >= 4 is 16.8 Å². The number of nitrogens with one attached hydrogen (secondary N) is 1. The third kappa shape index (κ3) is 3.10. The minimum atomic E-state index is -0.227. The van der Waals surface area contributed by atoms with E-state index in [0.29, 0.717) is 26.1 Å². The fourth-order valence-corrected chi connectivity index (χ4v) is 2.97. The van der Waals surface area contributed by atoms with Gasteiger partial charge in [0.05, 0.1) is 12.2 Å². The van der Waals surface area contributed by atoms with Crippen LogP contribution < -0.4 is 0 Å². The van der Waals surface area contributed by atoms with E-state index in [1.54, 1.807) is 0 Å². The fraction of sp³-hybridized carbons (Fsp3) is 0.471. The number of carbonyl (C=O) groups is 1. The summed E-state index contributed by atoms with van der Waals surface area (Å²) in [5.74, 6) is 0.219. The number of fused-ring (bicyclic) bond motifs is 1. The van der Waals surface area contributed by atoms with Gasteiger partial charge >= 0.3 is 0 Å². The van der Waals surface area contributed by atoms with Gasteiger partial charge in [0.15, 0.2) is 0 Å². The first-order valence-corrected chi connectivity index (χ1v) is 7.52. The molecule has 4 nitrogen and oxygen atoms in total. The average molecular weight is 286 g/mol. The van der Waals surface area contributed by atoms with Crippen LogP contribution in [0.25, 0.3) is 10.9 Å². The number of rotatable bonds is 3. The topological polar surface area (TPSA) is 45.3 Å². The number of aryl methyl sites for hydroxylation is 1.